The lowest BCUT2D eigenvalue weighted by Gasteiger charge is -2.39. The largest absolute Gasteiger partial charge is 0.481 e. The van der Waals surface area contributed by atoms with Crippen molar-refractivity contribution in [2.75, 3.05) is 31.6 Å². The summed E-state index contributed by atoms with van der Waals surface area (Å²) in [6.07, 6.45) is 3.48. The predicted molar refractivity (Wildman–Crippen MR) is 121 cm³/mol. The Morgan fingerprint density at radius 3 is 2.66 bits per heavy atom. The summed E-state index contributed by atoms with van der Waals surface area (Å²) in [6.45, 7) is 2.28. The van der Waals surface area contributed by atoms with Gasteiger partial charge in [0.2, 0.25) is 5.88 Å². The van der Waals surface area contributed by atoms with E-state index in [1.165, 1.54) is 0 Å². The number of pyridine rings is 1. The van der Waals surface area contributed by atoms with Crippen LogP contribution in [0, 0.1) is 5.92 Å². The van der Waals surface area contributed by atoms with Crippen molar-refractivity contribution in [3.8, 4) is 17.1 Å². The van der Waals surface area contributed by atoms with E-state index >= 15 is 0 Å². The maximum absolute atomic E-state index is 12.6. The third-order valence-electron chi connectivity index (χ3n) is 5.69. The van der Waals surface area contributed by atoms with Gasteiger partial charge in [0, 0.05) is 56.1 Å². The van der Waals surface area contributed by atoms with Gasteiger partial charge in [0.15, 0.2) is 5.82 Å². The Morgan fingerprint density at radius 1 is 1.12 bits per heavy atom. The molecule has 4 aromatic rings. The fourth-order valence-corrected chi connectivity index (χ4v) is 3.96. The van der Waals surface area contributed by atoms with Crippen molar-refractivity contribution >= 4 is 22.6 Å². The van der Waals surface area contributed by atoms with Gasteiger partial charge in [-0.3, -0.25) is 9.78 Å². The molecule has 3 aromatic heterocycles. The Balaban J connectivity index is 1.15. The van der Waals surface area contributed by atoms with Crippen LogP contribution < -0.4 is 15.0 Å². The number of carbonyl (C=O) groups excluding carboxylic acids is 1. The minimum Gasteiger partial charge on any atom is -0.481 e. The first-order chi connectivity index (χ1) is 15.6. The van der Waals surface area contributed by atoms with E-state index in [0.717, 1.165) is 41.1 Å². The molecular formula is C23H23N7O2. The van der Waals surface area contributed by atoms with E-state index in [1.54, 1.807) is 36.3 Å². The van der Waals surface area contributed by atoms with Crippen molar-refractivity contribution in [1.82, 2.24) is 30.3 Å². The number of hydrogen-bond donors (Lipinski definition) is 1. The number of nitrogens with zero attached hydrogens (tertiary/aromatic N) is 6. The molecule has 1 saturated heterocycles. The van der Waals surface area contributed by atoms with Gasteiger partial charge in [0.1, 0.15) is 0 Å². The van der Waals surface area contributed by atoms with Crippen LogP contribution in [-0.2, 0) is 7.05 Å². The summed E-state index contributed by atoms with van der Waals surface area (Å²) in [5.41, 5.74) is 3.14. The molecular weight excluding hydrogens is 406 g/mol. The van der Waals surface area contributed by atoms with Gasteiger partial charge in [-0.05, 0) is 42.5 Å². The second-order valence-corrected chi connectivity index (χ2v) is 7.86. The molecule has 1 aliphatic heterocycles. The molecule has 0 spiro atoms. The topological polar surface area (TPSA) is 98.1 Å². The van der Waals surface area contributed by atoms with Crippen LogP contribution >= 0.6 is 0 Å². The maximum atomic E-state index is 12.6. The molecule has 32 heavy (non-hydrogen) atoms. The van der Waals surface area contributed by atoms with E-state index in [4.69, 9.17) is 4.74 Å². The summed E-state index contributed by atoms with van der Waals surface area (Å²) in [5.74, 6) is 1.80. The van der Waals surface area contributed by atoms with Crippen LogP contribution in [-0.4, -0.2) is 57.6 Å². The standard InChI is InChI=1S/C23H23N7O2/c1-29-23(32-2)18-4-3-17(11-20(18)28-29)22(31)25-12-15-13-30(14-15)21-6-5-19(26-27-21)16-7-9-24-10-8-16/h3-11,15H,12-14H2,1-2H3,(H,25,31). The zero-order valence-electron chi connectivity index (χ0n) is 17.9. The number of benzene rings is 1. The molecule has 0 aliphatic carbocycles. The lowest BCUT2D eigenvalue weighted by Crippen LogP contribution is -2.51. The molecule has 1 aliphatic rings. The van der Waals surface area contributed by atoms with Gasteiger partial charge in [-0.25, -0.2) is 4.68 Å². The second-order valence-electron chi connectivity index (χ2n) is 7.86. The monoisotopic (exact) mass is 429 g/mol. The molecule has 5 rings (SSSR count). The van der Waals surface area contributed by atoms with Crippen LogP contribution in [0.4, 0.5) is 5.82 Å². The highest BCUT2D eigenvalue weighted by molar-refractivity contribution is 5.98. The number of ether oxygens (including phenoxy) is 1. The normalized spacial score (nSPS) is 13.8. The molecule has 0 radical (unpaired) electrons. The van der Waals surface area contributed by atoms with Crippen molar-refractivity contribution in [2.45, 2.75) is 0 Å². The minimum atomic E-state index is -0.100. The summed E-state index contributed by atoms with van der Waals surface area (Å²) in [4.78, 5) is 18.8. The van der Waals surface area contributed by atoms with Gasteiger partial charge in [-0.1, -0.05) is 0 Å². The summed E-state index contributed by atoms with van der Waals surface area (Å²) in [6, 6.07) is 13.2. The zero-order chi connectivity index (χ0) is 22.1. The second kappa shape index (κ2) is 8.26. The molecule has 1 amide bonds. The number of nitrogens with one attached hydrogen (secondary N) is 1. The Labute approximate surface area is 185 Å². The third-order valence-corrected chi connectivity index (χ3v) is 5.69. The number of aryl methyl sites for hydroxylation is 1. The number of rotatable bonds is 6. The summed E-state index contributed by atoms with van der Waals surface area (Å²) < 4.78 is 7.03. The molecule has 4 heterocycles. The predicted octanol–water partition coefficient (Wildman–Crippen LogP) is 2.30. The van der Waals surface area contributed by atoms with Crippen molar-refractivity contribution in [3.05, 3.63) is 60.4 Å². The molecule has 0 unspecified atom stereocenters. The van der Waals surface area contributed by atoms with Crippen LogP contribution in [0.15, 0.2) is 54.9 Å². The number of amides is 1. The van der Waals surface area contributed by atoms with E-state index in [2.05, 4.69) is 30.5 Å². The highest BCUT2D eigenvalue weighted by Crippen LogP contribution is 2.26. The van der Waals surface area contributed by atoms with Crippen LogP contribution in [0.1, 0.15) is 10.4 Å². The summed E-state index contributed by atoms with van der Waals surface area (Å²) in [5, 5.41) is 17.0. The number of methoxy groups -OCH3 is 1. The van der Waals surface area contributed by atoms with E-state index in [1.807, 2.05) is 37.4 Å². The zero-order valence-corrected chi connectivity index (χ0v) is 17.9. The summed E-state index contributed by atoms with van der Waals surface area (Å²) >= 11 is 0. The van der Waals surface area contributed by atoms with Gasteiger partial charge in [0.25, 0.3) is 5.91 Å². The van der Waals surface area contributed by atoms with E-state index in [9.17, 15) is 4.79 Å². The molecule has 1 fully saturated rings. The Bertz CT molecular complexity index is 1250. The van der Waals surface area contributed by atoms with Crippen LogP contribution in [0.3, 0.4) is 0 Å². The number of anilines is 1. The SMILES string of the molecule is COc1c2ccc(C(=O)NCC3CN(c4ccc(-c5ccncc5)nn4)C3)cc2nn1C. The highest BCUT2D eigenvalue weighted by Gasteiger charge is 2.28. The molecule has 0 saturated carbocycles. The molecule has 9 heteroatoms. The molecule has 9 nitrogen and oxygen atoms in total. The van der Waals surface area contributed by atoms with Gasteiger partial charge in [-0.15, -0.1) is 10.2 Å². The third kappa shape index (κ3) is 3.73. The Hall–Kier alpha value is -4.01. The molecule has 1 N–H and O–H groups in total. The Morgan fingerprint density at radius 2 is 1.94 bits per heavy atom. The Kier molecular flexibility index (Phi) is 5.14. The molecule has 0 atom stereocenters. The van der Waals surface area contributed by atoms with Crippen LogP contribution in [0.2, 0.25) is 0 Å². The average molecular weight is 429 g/mol. The quantitative estimate of drug-likeness (QED) is 0.502. The number of fused-ring (bicyclic) bond motifs is 1. The van der Waals surface area contributed by atoms with Gasteiger partial charge in [-0.2, -0.15) is 5.10 Å². The van der Waals surface area contributed by atoms with Crippen molar-refractivity contribution in [1.29, 1.82) is 0 Å². The number of hydrogen-bond acceptors (Lipinski definition) is 7. The van der Waals surface area contributed by atoms with Crippen molar-refractivity contribution in [2.24, 2.45) is 13.0 Å². The number of aromatic nitrogens is 5. The molecule has 162 valence electrons. The van der Waals surface area contributed by atoms with Crippen LogP contribution in [0.25, 0.3) is 22.2 Å². The maximum Gasteiger partial charge on any atom is 0.251 e. The lowest BCUT2D eigenvalue weighted by atomic mass is 10.00. The smallest absolute Gasteiger partial charge is 0.251 e. The van der Waals surface area contributed by atoms with E-state index < -0.39 is 0 Å². The number of carbonyl (C=O) groups is 1. The first-order valence-electron chi connectivity index (χ1n) is 10.4. The summed E-state index contributed by atoms with van der Waals surface area (Å²) in [7, 11) is 3.43. The fourth-order valence-electron chi connectivity index (χ4n) is 3.96. The van der Waals surface area contributed by atoms with Gasteiger partial charge < -0.3 is 15.0 Å². The minimum absolute atomic E-state index is 0.100. The van der Waals surface area contributed by atoms with E-state index in [0.29, 0.717) is 23.9 Å². The first kappa shape index (κ1) is 19.9. The molecule has 1 aromatic carbocycles. The average Bonchev–Trinajstić information content (AvgIpc) is 3.12. The van der Waals surface area contributed by atoms with Crippen molar-refractivity contribution < 1.29 is 9.53 Å². The first-order valence-corrected chi connectivity index (χ1v) is 10.4. The molecule has 0 bridgehead atoms. The van der Waals surface area contributed by atoms with E-state index in [-0.39, 0.29) is 5.91 Å². The van der Waals surface area contributed by atoms with Gasteiger partial charge >= 0.3 is 0 Å². The van der Waals surface area contributed by atoms with Gasteiger partial charge in [0.05, 0.1) is 23.7 Å². The highest BCUT2D eigenvalue weighted by atomic mass is 16.5. The van der Waals surface area contributed by atoms with Crippen molar-refractivity contribution in [3.63, 3.8) is 0 Å². The lowest BCUT2D eigenvalue weighted by molar-refractivity contribution is 0.0944. The van der Waals surface area contributed by atoms with Crippen LogP contribution in [0.5, 0.6) is 5.88 Å². The fraction of sp³-hybridized carbons (Fsp3) is 0.261.